The second-order valence-electron chi connectivity index (χ2n) is 5.09. The third kappa shape index (κ3) is 4.68. The number of rotatable bonds is 0. The standard InChI is InChI=1S/C12H17.C7H7.Y/c1-7-8(2)10(4)12(6)11(5)9(7)3;1-7-5-3-2-4-6-7;/h1H2,2-6H3;2-6H,1H2;/q2*-1;. The van der Waals surface area contributed by atoms with Crippen molar-refractivity contribution in [3.8, 4) is 0 Å². The molecule has 0 amide bonds. The zero-order chi connectivity index (χ0) is 14.6. The summed E-state index contributed by atoms with van der Waals surface area (Å²) < 4.78 is 0. The Morgan fingerprint density at radius 2 is 0.950 bits per heavy atom. The van der Waals surface area contributed by atoms with Gasteiger partial charge in [-0.3, -0.25) is 0 Å². The molecule has 0 unspecified atom stereocenters. The number of hydrogen-bond acceptors (Lipinski definition) is 0. The van der Waals surface area contributed by atoms with Crippen LogP contribution >= 0.6 is 0 Å². The first-order valence-electron chi connectivity index (χ1n) is 6.62. The minimum absolute atomic E-state index is 0. The molecule has 0 nitrogen and oxygen atoms in total. The summed E-state index contributed by atoms with van der Waals surface area (Å²) in [5, 5.41) is 0. The average molecular weight is 341 g/mol. The molecule has 0 bridgehead atoms. The maximum absolute atomic E-state index is 4.08. The SMILES string of the molecule is [CH2-]c1c(C)c(C)c(C)c(C)c1C.[CH2-]c1ccccc1.[Y]. The molecule has 0 saturated heterocycles. The second kappa shape index (κ2) is 8.54. The predicted octanol–water partition coefficient (Wildman–Crippen LogP) is 5.28. The Morgan fingerprint density at radius 1 is 0.600 bits per heavy atom. The predicted molar refractivity (Wildman–Crippen MR) is 85.5 cm³/mol. The van der Waals surface area contributed by atoms with E-state index in [0.29, 0.717) is 0 Å². The minimum Gasteiger partial charge on any atom is -0.199 e. The van der Waals surface area contributed by atoms with Crippen LogP contribution in [0.1, 0.15) is 38.9 Å². The van der Waals surface area contributed by atoms with Crippen molar-refractivity contribution < 1.29 is 32.7 Å². The average Bonchev–Trinajstić information content (AvgIpc) is 2.42. The van der Waals surface area contributed by atoms with Crippen LogP contribution in [0.25, 0.3) is 0 Å². The Kier molecular flexibility index (Phi) is 8.24. The molecule has 0 aromatic heterocycles. The molecular formula is C19H24Y-2. The molecule has 1 radical (unpaired) electrons. The van der Waals surface area contributed by atoms with Crippen molar-refractivity contribution >= 4 is 0 Å². The molecule has 0 aliphatic rings. The molecule has 0 heterocycles. The van der Waals surface area contributed by atoms with Crippen LogP contribution in [0.3, 0.4) is 0 Å². The molecule has 0 N–H and O–H groups in total. The molecule has 2 aromatic carbocycles. The smallest absolute Gasteiger partial charge is 0 e. The fourth-order valence-electron chi connectivity index (χ4n) is 2.06. The zero-order valence-corrected chi connectivity index (χ0v) is 16.2. The van der Waals surface area contributed by atoms with Gasteiger partial charge in [0, 0.05) is 32.7 Å². The van der Waals surface area contributed by atoms with Crippen molar-refractivity contribution in [3.63, 3.8) is 0 Å². The summed E-state index contributed by atoms with van der Waals surface area (Å²) in [7, 11) is 0. The summed E-state index contributed by atoms with van der Waals surface area (Å²) in [6.07, 6.45) is 0. The van der Waals surface area contributed by atoms with Crippen molar-refractivity contribution in [2.45, 2.75) is 34.6 Å². The van der Waals surface area contributed by atoms with Gasteiger partial charge >= 0.3 is 0 Å². The fourth-order valence-corrected chi connectivity index (χ4v) is 2.06. The molecule has 1 heteroatoms. The van der Waals surface area contributed by atoms with E-state index >= 15 is 0 Å². The van der Waals surface area contributed by atoms with E-state index in [-0.39, 0.29) is 32.7 Å². The molecule has 0 atom stereocenters. The van der Waals surface area contributed by atoms with Gasteiger partial charge in [0.15, 0.2) is 0 Å². The van der Waals surface area contributed by atoms with E-state index in [1.165, 1.54) is 33.4 Å². The molecule has 2 rings (SSSR count). The van der Waals surface area contributed by atoms with E-state index in [4.69, 9.17) is 0 Å². The third-order valence-corrected chi connectivity index (χ3v) is 4.00. The van der Waals surface area contributed by atoms with Gasteiger partial charge in [-0.15, -0.1) is 34.4 Å². The van der Waals surface area contributed by atoms with E-state index in [9.17, 15) is 0 Å². The van der Waals surface area contributed by atoms with Gasteiger partial charge in [0.25, 0.3) is 0 Å². The summed E-state index contributed by atoms with van der Waals surface area (Å²) in [5.41, 5.74) is 9.16. The van der Waals surface area contributed by atoms with Crippen LogP contribution in [0.4, 0.5) is 0 Å². The molecule has 20 heavy (non-hydrogen) atoms. The second-order valence-corrected chi connectivity index (χ2v) is 5.09. The van der Waals surface area contributed by atoms with E-state index in [1.54, 1.807) is 0 Å². The maximum Gasteiger partial charge on any atom is 0 e. The monoisotopic (exact) mass is 341 g/mol. The van der Waals surface area contributed by atoms with Crippen LogP contribution in [0.15, 0.2) is 30.3 Å². The zero-order valence-electron chi connectivity index (χ0n) is 13.4. The molecule has 105 valence electrons. The fraction of sp³-hybridized carbons (Fsp3) is 0.263. The maximum atomic E-state index is 4.08. The molecule has 0 aliphatic carbocycles. The van der Waals surface area contributed by atoms with E-state index in [1.807, 2.05) is 30.3 Å². The third-order valence-electron chi connectivity index (χ3n) is 4.00. The summed E-state index contributed by atoms with van der Waals surface area (Å²) >= 11 is 0. The molecule has 0 saturated carbocycles. The van der Waals surface area contributed by atoms with Gasteiger partial charge in [-0.1, -0.05) is 39.3 Å². The van der Waals surface area contributed by atoms with Crippen molar-refractivity contribution in [3.05, 3.63) is 83.1 Å². The van der Waals surface area contributed by atoms with Crippen molar-refractivity contribution in [1.29, 1.82) is 0 Å². The van der Waals surface area contributed by atoms with Crippen LogP contribution in [0, 0.1) is 48.5 Å². The summed E-state index contributed by atoms with van der Waals surface area (Å²) in [6.45, 7) is 18.6. The van der Waals surface area contributed by atoms with Gasteiger partial charge in [0.2, 0.25) is 0 Å². The molecule has 0 aliphatic heterocycles. The minimum atomic E-state index is 0. The van der Waals surface area contributed by atoms with E-state index < -0.39 is 0 Å². The largest absolute Gasteiger partial charge is 0.199 e. The quantitative estimate of drug-likeness (QED) is 0.572. The Bertz CT molecular complexity index is 449. The normalized spacial score (nSPS) is 9.25. The van der Waals surface area contributed by atoms with Gasteiger partial charge in [-0.25, -0.2) is 0 Å². The van der Waals surface area contributed by atoms with Crippen molar-refractivity contribution in [2.24, 2.45) is 0 Å². The molecule has 0 fully saturated rings. The van der Waals surface area contributed by atoms with E-state index in [0.717, 1.165) is 5.56 Å². The first-order valence-corrected chi connectivity index (χ1v) is 6.62. The summed E-state index contributed by atoms with van der Waals surface area (Å²) in [5.74, 6) is 0. The van der Waals surface area contributed by atoms with E-state index in [2.05, 4.69) is 48.5 Å². The topological polar surface area (TPSA) is 0 Å². The first kappa shape index (κ1) is 19.3. The van der Waals surface area contributed by atoms with Crippen LogP contribution in [-0.2, 0) is 32.7 Å². The van der Waals surface area contributed by atoms with Gasteiger partial charge in [0.05, 0.1) is 0 Å². The van der Waals surface area contributed by atoms with Gasteiger partial charge in [-0.05, 0) is 6.92 Å². The first-order chi connectivity index (χ1) is 8.86. The Hall–Kier alpha value is -0.716. The van der Waals surface area contributed by atoms with Crippen LogP contribution < -0.4 is 0 Å². The Balaban J connectivity index is 0.000000387. The van der Waals surface area contributed by atoms with Gasteiger partial charge in [-0.2, -0.15) is 37.1 Å². The summed E-state index contributed by atoms with van der Waals surface area (Å²) in [6, 6.07) is 9.87. The molecule has 0 spiro atoms. The van der Waals surface area contributed by atoms with Crippen molar-refractivity contribution in [1.82, 2.24) is 0 Å². The Morgan fingerprint density at radius 3 is 1.25 bits per heavy atom. The molecule has 2 aromatic rings. The van der Waals surface area contributed by atoms with Gasteiger partial charge in [0.1, 0.15) is 0 Å². The van der Waals surface area contributed by atoms with Crippen LogP contribution in [-0.4, -0.2) is 0 Å². The number of benzene rings is 2. The van der Waals surface area contributed by atoms with Crippen LogP contribution in [0.5, 0.6) is 0 Å². The van der Waals surface area contributed by atoms with Crippen LogP contribution in [0.2, 0.25) is 0 Å². The van der Waals surface area contributed by atoms with Gasteiger partial charge < -0.3 is 0 Å². The summed E-state index contributed by atoms with van der Waals surface area (Å²) in [4.78, 5) is 0. The number of hydrogen-bond donors (Lipinski definition) is 0. The Labute approximate surface area is 149 Å². The van der Waals surface area contributed by atoms with Crippen molar-refractivity contribution in [2.75, 3.05) is 0 Å². The molecular weight excluding hydrogens is 317 g/mol.